The Morgan fingerprint density at radius 1 is 0.947 bits per heavy atom. The van der Waals surface area contributed by atoms with Gasteiger partial charge in [-0.1, -0.05) is 30.3 Å². The minimum Gasteiger partial charge on any atom is -0.289 e. The van der Waals surface area contributed by atoms with Crippen molar-refractivity contribution in [3.05, 3.63) is 68.1 Å². The van der Waals surface area contributed by atoms with Crippen LogP contribution in [0.2, 0.25) is 0 Å². The van der Waals surface area contributed by atoms with Gasteiger partial charge in [0, 0.05) is 20.1 Å². The Morgan fingerprint density at radius 3 is 2.16 bits per heavy atom. The normalized spacial score (nSPS) is 10.3. The molecule has 0 radical (unpaired) electrons. The average molecular weight is 402 g/mol. The molecule has 0 fully saturated rings. The van der Waals surface area contributed by atoms with Crippen molar-refractivity contribution in [1.29, 1.82) is 0 Å². The van der Waals surface area contributed by atoms with Crippen LogP contribution in [0.1, 0.15) is 26.3 Å². The molecule has 0 unspecified atom stereocenters. The smallest absolute Gasteiger partial charge is 0.254 e. The van der Waals surface area contributed by atoms with Gasteiger partial charge in [-0.15, -0.1) is 0 Å². The van der Waals surface area contributed by atoms with Gasteiger partial charge in [0.25, 0.3) is 5.24 Å². The van der Waals surface area contributed by atoms with Gasteiger partial charge in [0.1, 0.15) is 0 Å². The van der Waals surface area contributed by atoms with Gasteiger partial charge >= 0.3 is 0 Å². The van der Waals surface area contributed by atoms with Crippen LogP contribution >= 0.6 is 43.5 Å². The van der Waals surface area contributed by atoms with E-state index in [1.165, 1.54) is 0 Å². The number of hydrogen-bond donors (Lipinski definition) is 0. The SMILES string of the molecule is O=C(c1ccccc1)c1ccc(Br)c(Br)c1C(=O)Cl. The zero-order chi connectivity index (χ0) is 14.0. The molecule has 0 aliphatic heterocycles. The standard InChI is InChI=1S/C14H7Br2ClO2/c15-10-7-6-9(11(12(10)16)14(17)19)13(18)8-4-2-1-3-5-8/h1-7H. The number of benzene rings is 2. The lowest BCUT2D eigenvalue weighted by Crippen LogP contribution is -2.08. The molecule has 2 nitrogen and oxygen atoms in total. The molecule has 2 aromatic rings. The molecule has 96 valence electrons. The summed E-state index contributed by atoms with van der Waals surface area (Å²) in [4.78, 5) is 23.9. The van der Waals surface area contributed by atoms with Gasteiger partial charge in [-0.05, 0) is 55.6 Å². The van der Waals surface area contributed by atoms with Crippen LogP contribution in [0, 0.1) is 0 Å². The highest BCUT2D eigenvalue weighted by atomic mass is 79.9. The van der Waals surface area contributed by atoms with E-state index in [1.54, 1.807) is 36.4 Å². The van der Waals surface area contributed by atoms with Crippen molar-refractivity contribution in [1.82, 2.24) is 0 Å². The molecule has 0 aliphatic carbocycles. The summed E-state index contributed by atoms with van der Waals surface area (Å²) < 4.78 is 1.15. The van der Waals surface area contributed by atoms with E-state index < -0.39 is 5.24 Å². The van der Waals surface area contributed by atoms with Crippen LogP contribution in [-0.4, -0.2) is 11.0 Å². The fraction of sp³-hybridized carbons (Fsp3) is 0. The summed E-state index contributed by atoms with van der Waals surface area (Å²) in [7, 11) is 0. The first-order valence-corrected chi connectivity index (χ1v) is 7.26. The second kappa shape index (κ2) is 5.99. The molecule has 0 aliphatic rings. The van der Waals surface area contributed by atoms with Gasteiger partial charge in [0.2, 0.25) is 0 Å². The Hall–Kier alpha value is -0.970. The molecule has 0 atom stereocenters. The lowest BCUT2D eigenvalue weighted by Gasteiger charge is -2.09. The third kappa shape index (κ3) is 2.96. The van der Waals surface area contributed by atoms with Crippen molar-refractivity contribution < 1.29 is 9.59 Å². The molecule has 0 saturated heterocycles. The number of carbonyl (C=O) groups excluding carboxylic acids is 2. The Morgan fingerprint density at radius 2 is 1.58 bits per heavy atom. The molecular formula is C14H7Br2ClO2. The minimum absolute atomic E-state index is 0.171. The topological polar surface area (TPSA) is 34.1 Å². The van der Waals surface area contributed by atoms with Crippen LogP contribution in [0.25, 0.3) is 0 Å². The predicted octanol–water partition coefficient (Wildman–Crippen LogP) is 4.82. The summed E-state index contributed by atoms with van der Waals surface area (Å²) in [6.45, 7) is 0. The first-order valence-electron chi connectivity index (χ1n) is 5.30. The van der Waals surface area contributed by atoms with Gasteiger partial charge in [0.05, 0.1) is 5.56 Å². The van der Waals surface area contributed by atoms with Crippen LogP contribution in [-0.2, 0) is 0 Å². The van der Waals surface area contributed by atoms with Crippen LogP contribution in [0.4, 0.5) is 0 Å². The van der Waals surface area contributed by atoms with Gasteiger partial charge in [-0.25, -0.2) is 0 Å². The number of hydrogen-bond acceptors (Lipinski definition) is 2. The molecule has 0 spiro atoms. The van der Waals surface area contributed by atoms with E-state index in [1.807, 2.05) is 6.07 Å². The molecule has 0 N–H and O–H groups in total. The molecule has 5 heteroatoms. The van der Waals surface area contributed by atoms with Crippen molar-refractivity contribution in [2.24, 2.45) is 0 Å². The Bertz CT molecular complexity index is 654. The maximum absolute atomic E-state index is 12.4. The largest absolute Gasteiger partial charge is 0.289 e. The molecule has 2 rings (SSSR count). The molecule has 0 heterocycles. The summed E-state index contributed by atoms with van der Waals surface area (Å²) >= 11 is 12.1. The summed E-state index contributed by atoms with van der Waals surface area (Å²) in [5.74, 6) is -0.238. The minimum atomic E-state index is -0.674. The first kappa shape index (κ1) is 14.4. The van der Waals surface area contributed by atoms with Crippen molar-refractivity contribution in [3.8, 4) is 0 Å². The molecule has 0 saturated carbocycles. The van der Waals surface area contributed by atoms with Gasteiger partial charge in [-0.3, -0.25) is 9.59 Å². The van der Waals surface area contributed by atoms with E-state index in [9.17, 15) is 9.59 Å². The van der Waals surface area contributed by atoms with Crippen LogP contribution < -0.4 is 0 Å². The summed E-state index contributed by atoms with van der Waals surface area (Å²) in [6, 6.07) is 12.0. The van der Waals surface area contributed by atoms with E-state index in [-0.39, 0.29) is 16.9 Å². The monoisotopic (exact) mass is 400 g/mol. The lowest BCUT2D eigenvalue weighted by molar-refractivity contribution is 0.102. The maximum Gasteiger partial charge on any atom is 0.254 e. The van der Waals surface area contributed by atoms with Crippen molar-refractivity contribution in [2.45, 2.75) is 0 Å². The summed E-state index contributed by atoms with van der Waals surface area (Å²) in [6.07, 6.45) is 0. The second-order valence-electron chi connectivity index (χ2n) is 3.75. The van der Waals surface area contributed by atoms with Crippen molar-refractivity contribution in [3.63, 3.8) is 0 Å². The molecule has 0 bridgehead atoms. The molecule has 19 heavy (non-hydrogen) atoms. The molecular weight excluding hydrogens is 395 g/mol. The van der Waals surface area contributed by atoms with Crippen molar-refractivity contribution in [2.75, 3.05) is 0 Å². The Balaban J connectivity index is 2.61. The van der Waals surface area contributed by atoms with Gasteiger partial charge in [-0.2, -0.15) is 0 Å². The third-order valence-electron chi connectivity index (χ3n) is 2.57. The van der Waals surface area contributed by atoms with E-state index in [2.05, 4.69) is 31.9 Å². The van der Waals surface area contributed by atoms with Crippen LogP contribution in [0.5, 0.6) is 0 Å². The number of carbonyl (C=O) groups is 2. The second-order valence-corrected chi connectivity index (χ2v) is 5.74. The third-order valence-corrected chi connectivity index (χ3v) is 4.78. The molecule has 2 aromatic carbocycles. The maximum atomic E-state index is 12.4. The number of halogens is 3. The highest BCUT2D eigenvalue weighted by Crippen LogP contribution is 2.31. The van der Waals surface area contributed by atoms with E-state index >= 15 is 0 Å². The first-order chi connectivity index (χ1) is 9.02. The lowest BCUT2D eigenvalue weighted by atomic mass is 9.99. The van der Waals surface area contributed by atoms with E-state index in [0.29, 0.717) is 14.5 Å². The van der Waals surface area contributed by atoms with Gasteiger partial charge < -0.3 is 0 Å². The predicted molar refractivity (Wildman–Crippen MR) is 81.9 cm³/mol. The van der Waals surface area contributed by atoms with E-state index in [0.717, 1.165) is 0 Å². The molecule has 0 aromatic heterocycles. The van der Waals surface area contributed by atoms with Crippen molar-refractivity contribution >= 4 is 54.5 Å². The van der Waals surface area contributed by atoms with Gasteiger partial charge in [0.15, 0.2) is 5.78 Å². The Labute approximate surface area is 132 Å². The number of ketones is 1. The summed E-state index contributed by atoms with van der Waals surface area (Å²) in [5, 5.41) is -0.674. The van der Waals surface area contributed by atoms with E-state index in [4.69, 9.17) is 11.6 Å². The highest BCUT2D eigenvalue weighted by molar-refractivity contribution is 9.13. The van der Waals surface area contributed by atoms with Crippen LogP contribution in [0.15, 0.2) is 51.4 Å². The fourth-order valence-electron chi connectivity index (χ4n) is 1.68. The molecule has 0 amide bonds. The quantitative estimate of drug-likeness (QED) is 0.545. The zero-order valence-corrected chi connectivity index (χ0v) is 13.4. The van der Waals surface area contributed by atoms with Crippen LogP contribution in [0.3, 0.4) is 0 Å². The average Bonchev–Trinajstić information content (AvgIpc) is 2.41. The summed E-state index contributed by atoms with van der Waals surface area (Å²) in [5.41, 5.74) is 0.960. The Kier molecular flexibility index (Phi) is 4.55. The fourth-order valence-corrected chi connectivity index (χ4v) is 2.84. The number of rotatable bonds is 3. The highest BCUT2D eigenvalue weighted by Gasteiger charge is 2.21. The zero-order valence-electron chi connectivity index (χ0n) is 9.49.